The molecule has 2 atom stereocenters. The van der Waals surface area contributed by atoms with Crippen LogP contribution < -0.4 is 0 Å². The minimum absolute atomic E-state index is 0.410. The Labute approximate surface area is 100 Å². The fourth-order valence-electron chi connectivity index (χ4n) is 4.79. The summed E-state index contributed by atoms with van der Waals surface area (Å²) in [5, 5.41) is 10.5. The number of hydrogen-bond donors (Lipinski definition) is 1. The summed E-state index contributed by atoms with van der Waals surface area (Å²) in [6.07, 6.45) is 4.71. The third-order valence-electron chi connectivity index (χ3n) is 4.88. The second kappa shape index (κ2) is 3.31. The number of carbonyl (C=O) groups excluding carboxylic acids is 2. The van der Waals surface area contributed by atoms with Crippen molar-refractivity contribution in [2.75, 3.05) is 7.11 Å². The Morgan fingerprint density at radius 3 is 2.24 bits per heavy atom. The van der Waals surface area contributed by atoms with E-state index in [0.29, 0.717) is 18.3 Å². The molecule has 4 rings (SSSR count). The van der Waals surface area contributed by atoms with Gasteiger partial charge in [-0.05, 0) is 50.4 Å². The molecule has 94 valence electrons. The third kappa shape index (κ3) is 1.53. The van der Waals surface area contributed by atoms with Crippen molar-refractivity contribution >= 4 is 11.8 Å². The summed E-state index contributed by atoms with van der Waals surface area (Å²) in [6, 6.07) is 0. The van der Waals surface area contributed by atoms with Gasteiger partial charge >= 0.3 is 5.97 Å². The minimum atomic E-state index is -0.740. The monoisotopic (exact) mass is 238 g/mol. The van der Waals surface area contributed by atoms with Crippen LogP contribution in [0.4, 0.5) is 0 Å². The van der Waals surface area contributed by atoms with Gasteiger partial charge in [0.1, 0.15) is 0 Å². The van der Waals surface area contributed by atoms with E-state index >= 15 is 0 Å². The van der Waals surface area contributed by atoms with E-state index in [1.165, 1.54) is 7.11 Å². The smallest absolute Gasteiger partial charge is 0.374 e. The maximum Gasteiger partial charge on any atom is 0.374 e. The molecule has 0 amide bonds. The summed E-state index contributed by atoms with van der Waals surface area (Å²) < 4.78 is 4.56. The predicted molar refractivity (Wildman–Crippen MR) is 59.1 cm³/mol. The molecule has 4 saturated carbocycles. The van der Waals surface area contributed by atoms with Gasteiger partial charge in [-0.1, -0.05) is 0 Å². The Hall–Kier alpha value is -0.900. The molecule has 0 aliphatic heterocycles. The Morgan fingerprint density at radius 1 is 1.18 bits per heavy atom. The van der Waals surface area contributed by atoms with Gasteiger partial charge in [0, 0.05) is 5.41 Å². The fraction of sp³-hybridized carbons (Fsp3) is 0.846. The summed E-state index contributed by atoms with van der Waals surface area (Å²) in [5.41, 5.74) is -1.32. The van der Waals surface area contributed by atoms with Gasteiger partial charge in [-0.25, -0.2) is 4.79 Å². The fourth-order valence-corrected chi connectivity index (χ4v) is 4.79. The number of ether oxygens (including phenoxy) is 1. The van der Waals surface area contributed by atoms with E-state index in [9.17, 15) is 14.7 Å². The van der Waals surface area contributed by atoms with Crippen molar-refractivity contribution < 1.29 is 19.4 Å². The van der Waals surface area contributed by atoms with E-state index < -0.39 is 22.8 Å². The molecular weight excluding hydrogens is 220 g/mol. The minimum Gasteiger partial charge on any atom is -0.463 e. The lowest BCUT2D eigenvalue weighted by molar-refractivity contribution is -0.183. The first-order valence-corrected chi connectivity index (χ1v) is 6.32. The van der Waals surface area contributed by atoms with Crippen molar-refractivity contribution in [1.29, 1.82) is 0 Å². The second-order valence-electron chi connectivity index (χ2n) is 6.29. The van der Waals surface area contributed by atoms with Crippen molar-refractivity contribution in [2.45, 2.75) is 44.1 Å². The van der Waals surface area contributed by atoms with Gasteiger partial charge in [0.25, 0.3) is 0 Å². The molecule has 2 unspecified atom stereocenters. The van der Waals surface area contributed by atoms with Gasteiger partial charge in [0.15, 0.2) is 0 Å². The molecule has 0 radical (unpaired) electrons. The maximum atomic E-state index is 12.2. The quantitative estimate of drug-likeness (QED) is 0.577. The molecule has 0 aromatic rings. The van der Waals surface area contributed by atoms with Gasteiger partial charge in [-0.2, -0.15) is 0 Å². The Morgan fingerprint density at radius 2 is 1.76 bits per heavy atom. The maximum absolute atomic E-state index is 12.2. The standard InChI is InChI=1S/C13H18O4/c1-17-11(15)10(14)12-3-8-2-9(4-12)6-13(16,5-8)7-12/h8-9,16H,2-7H2,1H3. The normalized spacial score (nSPS) is 46.9. The first-order chi connectivity index (χ1) is 7.96. The highest BCUT2D eigenvalue weighted by Gasteiger charge is 2.61. The number of Topliss-reactive ketones (excluding diaryl/α,β-unsaturated/α-hetero) is 1. The lowest BCUT2D eigenvalue weighted by Gasteiger charge is -2.59. The Kier molecular flexibility index (Phi) is 2.18. The summed E-state index contributed by atoms with van der Waals surface area (Å²) >= 11 is 0. The molecule has 0 aromatic heterocycles. The summed E-state index contributed by atoms with van der Waals surface area (Å²) in [5.74, 6) is -0.326. The van der Waals surface area contributed by atoms with Crippen LogP contribution in [0.3, 0.4) is 0 Å². The van der Waals surface area contributed by atoms with Gasteiger partial charge < -0.3 is 9.84 Å². The zero-order valence-corrected chi connectivity index (χ0v) is 10.1. The molecule has 0 heterocycles. The average Bonchev–Trinajstić information content (AvgIpc) is 2.23. The van der Waals surface area contributed by atoms with E-state index in [-0.39, 0.29) is 0 Å². The zero-order valence-electron chi connectivity index (χ0n) is 10.1. The number of aliphatic hydroxyl groups is 1. The highest BCUT2D eigenvalue weighted by atomic mass is 16.5. The van der Waals surface area contributed by atoms with Crippen LogP contribution in [0.15, 0.2) is 0 Å². The van der Waals surface area contributed by atoms with Crippen molar-refractivity contribution in [2.24, 2.45) is 17.3 Å². The number of hydrogen-bond acceptors (Lipinski definition) is 4. The molecule has 0 saturated heterocycles. The Bertz CT molecular complexity index is 373. The average molecular weight is 238 g/mol. The number of esters is 1. The molecule has 4 aliphatic carbocycles. The highest BCUT2D eigenvalue weighted by molar-refractivity contribution is 6.35. The Balaban J connectivity index is 1.93. The highest BCUT2D eigenvalue weighted by Crippen LogP contribution is 2.61. The van der Waals surface area contributed by atoms with E-state index in [1.807, 2.05) is 0 Å². The number of rotatable bonds is 2. The number of methoxy groups -OCH3 is 1. The summed E-state index contributed by atoms with van der Waals surface area (Å²) in [4.78, 5) is 23.7. The van der Waals surface area contributed by atoms with Crippen molar-refractivity contribution in [1.82, 2.24) is 0 Å². The van der Waals surface area contributed by atoms with Crippen LogP contribution in [-0.4, -0.2) is 29.6 Å². The molecule has 4 nitrogen and oxygen atoms in total. The van der Waals surface area contributed by atoms with E-state index in [2.05, 4.69) is 4.74 Å². The van der Waals surface area contributed by atoms with Crippen LogP contribution in [0, 0.1) is 17.3 Å². The molecule has 4 heteroatoms. The van der Waals surface area contributed by atoms with Crippen LogP contribution in [0.1, 0.15) is 38.5 Å². The molecule has 1 N–H and O–H groups in total. The predicted octanol–water partition coefficient (Wildman–Crippen LogP) is 1.06. The number of ketones is 1. The van der Waals surface area contributed by atoms with Gasteiger partial charge in [0.05, 0.1) is 12.7 Å². The third-order valence-corrected chi connectivity index (χ3v) is 4.88. The van der Waals surface area contributed by atoms with Crippen molar-refractivity contribution in [3.63, 3.8) is 0 Å². The molecule has 4 bridgehead atoms. The van der Waals surface area contributed by atoms with Gasteiger partial charge in [-0.15, -0.1) is 0 Å². The lowest BCUT2D eigenvalue weighted by Crippen LogP contribution is -2.59. The molecule has 0 aromatic carbocycles. The molecule has 0 spiro atoms. The van der Waals surface area contributed by atoms with E-state index in [4.69, 9.17) is 0 Å². The van der Waals surface area contributed by atoms with E-state index in [1.54, 1.807) is 0 Å². The van der Waals surface area contributed by atoms with Crippen LogP contribution in [0.25, 0.3) is 0 Å². The topological polar surface area (TPSA) is 63.6 Å². The first-order valence-electron chi connectivity index (χ1n) is 6.32. The lowest BCUT2D eigenvalue weighted by atomic mass is 9.47. The van der Waals surface area contributed by atoms with Crippen molar-refractivity contribution in [3.05, 3.63) is 0 Å². The van der Waals surface area contributed by atoms with Crippen LogP contribution in [0.2, 0.25) is 0 Å². The summed E-state index contributed by atoms with van der Waals surface area (Å²) in [7, 11) is 1.25. The van der Waals surface area contributed by atoms with Gasteiger partial charge in [0.2, 0.25) is 5.78 Å². The van der Waals surface area contributed by atoms with E-state index in [0.717, 1.165) is 32.1 Å². The summed E-state index contributed by atoms with van der Waals surface area (Å²) in [6.45, 7) is 0. The zero-order chi connectivity index (χ0) is 12.3. The van der Waals surface area contributed by atoms with Crippen LogP contribution >= 0.6 is 0 Å². The SMILES string of the molecule is COC(=O)C(=O)C12CC3CC(CC(O)(C3)C1)C2. The molecule has 4 aliphatic rings. The molecule has 17 heavy (non-hydrogen) atoms. The number of carbonyl (C=O) groups is 2. The van der Waals surface area contributed by atoms with Crippen LogP contribution in [-0.2, 0) is 14.3 Å². The largest absolute Gasteiger partial charge is 0.463 e. The van der Waals surface area contributed by atoms with Crippen molar-refractivity contribution in [3.8, 4) is 0 Å². The van der Waals surface area contributed by atoms with Gasteiger partial charge in [-0.3, -0.25) is 4.79 Å². The molecule has 4 fully saturated rings. The molecular formula is C13H18O4. The van der Waals surface area contributed by atoms with Crippen LogP contribution in [0.5, 0.6) is 0 Å². The first kappa shape index (κ1) is 11.2. The second-order valence-corrected chi connectivity index (χ2v) is 6.29.